The number of benzene rings is 1. The molecule has 0 amide bonds. The molecule has 5 nitrogen and oxygen atoms in total. The zero-order valence-corrected chi connectivity index (χ0v) is 14.7. The van der Waals surface area contributed by atoms with Crippen LogP contribution in [0.1, 0.15) is 31.2 Å². The summed E-state index contributed by atoms with van der Waals surface area (Å²) in [6, 6.07) is 8.55. The maximum absolute atomic E-state index is 12.3. The monoisotopic (exact) mass is 337 g/mol. The van der Waals surface area contributed by atoms with Gasteiger partial charge in [0.2, 0.25) is 0 Å². The molecule has 1 aromatic rings. The number of nitrogens with zero attached hydrogens (tertiary/aromatic N) is 2. The van der Waals surface area contributed by atoms with Crippen LogP contribution in [0.25, 0.3) is 0 Å². The summed E-state index contributed by atoms with van der Waals surface area (Å²) in [5, 5.41) is 0. The molecule has 1 unspecified atom stereocenters. The highest BCUT2D eigenvalue weighted by Crippen LogP contribution is 2.24. The summed E-state index contributed by atoms with van der Waals surface area (Å²) in [6.45, 7) is 5.88. The van der Waals surface area contributed by atoms with Gasteiger partial charge in [0, 0.05) is 38.4 Å². The van der Waals surface area contributed by atoms with Gasteiger partial charge < -0.3 is 4.90 Å². The maximum atomic E-state index is 12.3. The highest BCUT2D eigenvalue weighted by atomic mass is 32.2. The highest BCUT2D eigenvalue weighted by molar-refractivity contribution is 7.87. The molecule has 2 fully saturated rings. The van der Waals surface area contributed by atoms with Crippen molar-refractivity contribution in [2.45, 2.75) is 32.6 Å². The Morgan fingerprint density at radius 1 is 1.09 bits per heavy atom. The number of hydrogen-bond acceptors (Lipinski definition) is 3. The molecule has 0 spiro atoms. The first-order valence-corrected chi connectivity index (χ1v) is 10.0. The van der Waals surface area contributed by atoms with E-state index >= 15 is 0 Å². The van der Waals surface area contributed by atoms with Crippen LogP contribution >= 0.6 is 0 Å². The lowest BCUT2D eigenvalue weighted by molar-refractivity contribution is 0.340. The zero-order chi connectivity index (χ0) is 16.3. The van der Waals surface area contributed by atoms with E-state index in [0.717, 1.165) is 38.8 Å². The van der Waals surface area contributed by atoms with E-state index in [1.807, 2.05) is 0 Å². The fraction of sp³-hybridized carbons (Fsp3) is 0.647. The van der Waals surface area contributed by atoms with Gasteiger partial charge in [-0.3, -0.25) is 0 Å². The third-order valence-electron chi connectivity index (χ3n) is 4.89. The molecular weight excluding hydrogens is 310 g/mol. The van der Waals surface area contributed by atoms with Crippen LogP contribution in [-0.2, 0) is 10.2 Å². The van der Waals surface area contributed by atoms with Crippen LogP contribution < -0.4 is 9.62 Å². The standard InChI is InChI=1S/C17H27N3O2S/c1-15-5-7-17(8-6-15)19-12-9-16(14-19)13-18-23(21,22)20-10-3-2-4-11-20/h5-8,16,18H,2-4,9-14H2,1H3. The molecule has 6 heteroatoms. The van der Waals surface area contributed by atoms with Gasteiger partial charge in [-0.1, -0.05) is 24.1 Å². The van der Waals surface area contributed by atoms with Crippen molar-refractivity contribution >= 4 is 15.9 Å². The highest BCUT2D eigenvalue weighted by Gasteiger charge is 2.27. The average Bonchev–Trinajstić information content (AvgIpc) is 3.04. The normalized spacial score (nSPS) is 23.3. The van der Waals surface area contributed by atoms with Crippen molar-refractivity contribution < 1.29 is 8.42 Å². The molecule has 0 aromatic heterocycles. The van der Waals surface area contributed by atoms with E-state index in [1.165, 1.54) is 11.3 Å². The molecule has 2 heterocycles. The van der Waals surface area contributed by atoms with Crippen molar-refractivity contribution in [1.82, 2.24) is 9.03 Å². The molecule has 2 saturated heterocycles. The SMILES string of the molecule is Cc1ccc(N2CCC(CNS(=O)(=O)N3CCCCC3)C2)cc1. The van der Waals surface area contributed by atoms with Gasteiger partial charge >= 0.3 is 0 Å². The topological polar surface area (TPSA) is 52.7 Å². The minimum atomic E-state index is -3.29. The number of nitrogens with one attached hydrogen (secondary N) is 1. The van der Waals surface area contributed by atoms with Gasteiger partial charge in [0.25, 0.3) is 10.2 Å². The van der Waals surface area contributed by atoms with Crippen molar-refractivity contribution in [2.75, 3.05) is 37.6 Å². The summed E-state index contributed by atoms with van der Waals surface area (Å²) in [5.74, 6) is 0.385. The molecule has 0 aliphatic carbocycles. The van der Waals surface area contributed by atoms with E-state index in [-0.39, 0.29) is 0 Å². The van der Waals surface area contributed by atoms with E-state index < -0.39 is 10.2 Å². The third-order valence-corrected chi connectivity index (χ3v) is 6.47. The van der Waals surface area contributed by atoms with Gasteiger partial charge in [0.15, 0.2) is 0 Å². The molecule has 0 bridgehead atoms. The number of hydrogen-bond donors (Lipinski definition) is 1. The Kier molecular flexibility index (Phi) is 5.24. The molecule has 1 aromatic carbocycles. The molecule has 2 aliphatic rings. The fourth-order valence-corrected chi connectivity index (χ4v) is 4.78. The first-order chi connectivity index (χ1) is 11.0. The molecule has 2 aliphatic heterocycles. The summed E-state index contributed by atoms with van der Waals surface area (Å²) in [5.41, 5.74) is 2.50. The average molecular weight is 337 g/mol. The summed E-state index contributed by atoms with van der Waals surface area (Å²) < 4.78 is 29.1. The second-order valence-corrected chi connectivity index (χ2v) is 8.50. The summed E-state index contributed by atoms with van der Waals surface area (Å²) in [6.07, 6.45) is 4.13. The van der Waals surface area contributed by atoms with Crippen LogP contribution in [0.4, 0.5) is 5.69 Å². The summed E-state index contributed by atoms with van der Waals surface area (Å²) in [7, 11) is -3.29. The summed E-state index contributed by atoms with van der Waals surface area (Å²) >= 11 is 0. The lowest BCUT2D eigenvalue weighted by atomic mass is 10.1. The molecule has 0 saturated carbocycles. The second kappa shape index (κ2) is 7.20. The van der Waals surface area contributed by atoms with Crippen LogP contribution in [0.3, 0.4) is 0 Å². The zero-order valence-electron chi connectivity index (χ0n) is 13.9. The van der Waals surface area contributed by atoms with Crippen LogP contribution in [0.15, 0.2) is 24.3 Å². The van der Waals surface area contributed by atoms with Crippen LogP contribution in [0.5, 0.6) is 0 Å². The van der Waals surface area contributed by atoms with Crippen LogP contribution in [-0.4, -0.2) is 45.4 Å². The van der Waals surface area contributed by atoms with E-state index in [1.54, 1.807) is 4.31 Å². The van der Waals surface area contributed by atoms with E-state index in [0.29, 0.717) is 25.6 Å². The molecule has 1 N–H and O–H groups in total. The third kappa shape index (κ3) is 4.25. The fourth-order valence-electron chi connectivity index (χ4n) is 3.41. The Morgan fingerprint density at radius 2 is 1.78 bits per heavy atom. The number of anilines is 1. The van der Waals surface area contributed by atoms with E-state index in [9.17, 15) is 8.42 Å². The van der Waals surface area contributed by atoms with Gasteiger partial charge in [-0.25, -0.2) is 4.72 Å². The smallest absolute Gasteiger partial charge is 0.279 e. The molecular formula is C17H27N3O2S. The van der Waals surface area contributed by atoms with Crippen LogP contribution in [0, 0.1) is 12.8 Å². The number of piperidine rings is 1. The quantitative estimate of drug-likeness (QED) is 0.896. The van der Waals surface area contributed by atoms with Gasteiger partial charge in [-0.2, -0.15) is 12.7 Å². The van der Waals surface area contributed by atoms with Gasteiger partial charge in [-0.15, -0.1) is 0 Å². The Labute approximate surface area is 139 Å². The van der Waals surface area contributed by atoms with Crippen molar-refractivity contribution in [3.05, 3.63) is 29.8 Å². The maximum Gasteiger partial charge on any atom is 0.279 e. The Hall–Kier alpha value is -1.11. The first-order valence-electron chi connectivity index (χ1n) is 8.61. The van der Waals surface area contributed by atoms with Crippen molar-refractivity contribution in [3.63, 3.8) is 0 Å². The molecule has 23 heavy (non-hydrogen) atoms. The second-order valence-electron chi connectivity index (χ2n) is 6.75. The van der Waals surface area contributed by atoms with E-state index in [4.69, 9.17) is 0 Å². The lowest BCUT2D eigenvalue weighted by Gasteiger charge is -2.26. The molecule has 1 atom stereocenters. The Balaban J connectivity index is 1.51. The lowest BCUT2D eigenvalue weighted by Crippen LogP contribution is -2.45. The predicted molar refractivity (Wildman–Crippen MR) is 93.8 cm³/mol. The van der Waals surface area contributed by atoms with Crippen molar-refractivity contribution in [1.29, 1.82) is 0 Å². The van der Waals surface area contributed by atoms with E-state index in [2.05, 4.69) is 40.8 Å². The van der Waals surface area contributed by atoms with Crippen molar-refractivity contribution in [3.8, 4) is 0 Å². The molecule has 128 valence electrons. The number of rotatable bonds is 5. The first kappa shape index (κ1) is 16.7. The minimum absolute atomic E-state index is 0.385. The van der Waals surface area contributed by atoms with Gasteiger partial charge in [-0.05, 0) is 44.2 Å². The predicted octanol–water partition coefficient (Wildman–Crippen LogP) is 2.14. The minimum Gasteiger partial charge on any atom is -0.371 e. The van der Waals surface area contributed by atoms with Crippen molar-refractivity contribution in [2.24, 2.45) is 5.92 Å². The molecule has 0 radical (unpaired) electrons. The largest absolute Gasteiger partial charge is 0.371 e. The van der Waals surface area contributed by atoms with Gasteiger partial charge in [0.05, 0.1) is 0 Å². The van der Waals surface area contributed by atoms with Crippen LogP contribution in [0.2, 0.25) is 0 Å². The van der Waals surface area contributed by atoms with Gasteiger partial charge in [0.1, 0.15) is 0 Å². The Morgan fingerprint density at radius 3 is 2.48 bits per heavy atom. The summed E-state index contributed by atoms with van der Waals surface area (Å²) in [4.78, 5) is 2.35. The Bertz CT molecular complexity index is 609. The number of aryl methyl sites for hydroxylation is 1. The molecule has 3 rings (SSSR count).